The lowest BCUT2D eigenvalue weighted by atomic mass is 9.99. The summed E-state index contributed by atoms with van der Waals surface area (Å²) in [5.41, 5.74) is 0.541. The number of unbranched alkanes of at least 4 members (excludes halogenated alkanes) is 2. The molecule has 5 atom stereocenters. The molecule has 1 amide bonds. The van der Waals surface area contributed by atoms with Crippen molar-refractivity contribution >= 4 is 24.0 Å². The summed E-state index contributed by atoms with van der Waals surface area (Å²) in [6.45, 7) is 1.75. The number of ether oxygens (including phenoxy) is 3. The maximum atomic E-state index is 12.3. The first-order valence-electron chi connectivity index (χ1n) is 10.3. The molecule has 1 aliphatic heterocycles. The molecule has 11 nitrogen and oxygen atoms in total. The van der Waals surface area contributed by atoms with E-state index < -0.39 is 43.1 Å². The Morgan fingerprint density at radius 3 is 2.61 bits per heavy atom. The third-order valence-corrected chi connectivity index (χ3v) is 4.68. The monoisotopic (exact) mass is 442 g/mol. The van der Waals surface area contributed by atoms with Gasteiger partial charge in [0.1, 0.15) is 30.7 Å². The minimum atomic E-state index is -1.87. The van der Waals surface area contributed by atoms with Crippen molar-refractivity contribution in [1.82, 2.24) is 0 Å². The Kier molecular flexibility index (Phi) is 8.59. The van der Waals surface area contributed by atoms with Crippen molar-refractivity contribution in [3.8, 4) is 5.75 Å². The summed E-state index contributed by atoms with van der Waals surface area (Å²) in [6.07, 6.45) is -7.58. The van der Waals surface area contributed by atoms with Gasteiger partial charge < -0.3 is 40.0 Å². The van der Waals surface area contributed by atoms with Crippen molar-refractivity contribution in [3.63, 3.8) is 0 Å². The van der Waals surface area contributed by atoms with Crippen LogP contribution in [0.15, 0.2) is 18.2 Å². The smallest absolute Gasteiger partial charge is 0.335 e. The predicted octanol–water partition coefficient (Wildman–Crippen LogP) is 0.149. The molecule has 11 heteroatoms. The minimum Gasteiger partial charge on any atom is -0.479 e. The highest BCUT2D eigenvalue weighted by molar-refractivity contribution is 5.92. The van der Waals surface area contributed by atoms with Crippen molar-refractivity contribution in [2.45, 2.75) is 69.9 Å². The fourth-order valence-corrected chi connectivity index (χ4v) is 3.00. The highest BCUT2D eigenvalue weighted by atomic mass is 16.7. The lowest BCUT2D eigenvalue weighted by Gasteiger charge is -2.38. The van der Waals surface area contributed by atoms with Crippen molar-refractivity contribution in [2.75, 3.05) is 5.32 Å². The molecule has 31 heavy (non-hydrogen) atoms. The van der Waals surface area contributed by atoms with Crippen LogP contribution < -0.4 is 10.1 Å². The van der Waals surface area contributed by atoms with Crippen molar-refractivity contribution in [1.29, 1.82) is 0 Å². The molecular formula is C20H27NO10. The number of hydrogen-bond donors (Lipinski definition) is 5. The zero-order valence-electron chi connectivity index (χ0n) is 17.9. The van der Waals surface area contributed by atoms with Gasteiger partial charge in [0, 0.05) is 6.42 Å². The molecule has 0 spiro atoms. The van der Waals surface area contributed by atoms with Gasteiger partial charge in [0.25, 0.3) is 6.45 Å². The molecule has 0 saturated carbocycles. The van der Waals surface area contributed by atoms with Crippen LogP contribution in [0.3, 0.4) is 0 Å². The van der Waals surface area contributed by atoms with E-state index in [1.165, 1.54) is 18.2 Å². The second-order valence-corrected chi connectivity index (χ2v) is 7.06. The van der Waals surface area contributed by atoms with Gasteiger partial charge in [-0.05, 0) is 24.1 Å². The maximum Gasteiger partial charge on any atom is 0.335 e. The van der Waals surface area contributed by atoms with Gasteiger partial charge in [-0.15, -0.1) is 0 Å². The van der Waals surface area contributed by atoms with Gasteiger partial charge in [-0.2, -0.15) is 0 Å². The Balaban J connectivity index is 2.24. The van der Waals surface area contributed by atoms with Crippen LogP contribution in [0.1, 0.15) is 39.5 Å². The van der Waals surface area contributed by atoms with Crippen LogP contribution >= 0.6 is 0 Å². The van der Waals surface area contributed by atoms with E-state index in [-0.39, 0.29) is 30.4 Å². The van der Waals surface area contributed by atoms with Gasteiger partial charge in [0.15, 0.2) is 7.47 Å². The first-order valence-corrected chi connectivity index (χ1v) is 9.79. The lowest BCUT2D eigenvalue weighted by molar-refractivity contribution is -0.271. The fourth-order valence-electron chi connectivity index (χ4n) is 3.00. The number of aliphatic hydroxyl groups is 3. The molecule has 1 aromatic carbocycles. The number of amides is 1. The lowest BCUT2D eigenvalue weighted by Crippen LogP contribution is -2.61. The molecule has 1 aliphatic rings. The van der Waals surface area contributed by atoms with E-state index in [0.717, 1.165) is 12.8 Å². The topological polar surface area (TPSA) is 172 Å². The van der Waals surface area contributed by atoms with Gasteiger partial charge in [0.2, 0.25) is 12.2 Å². The number of anilines is 1. The number of aliphatic carboxylic acids is 1. The molecule has 1 aromatic rings. The Morgan fingerprint density at radius 2 is 1.97 bits per heavy atom. The molecule has 172 valence electrons. The molecule has 0 aliphatic carbocycles. The molecule has 2 rings (SSSR count). The van der Waals surface area contributed by atoms with Gasteiger partial charge in [-0.3, -0.25) is 9.59 Å². The number of hydrogen-bond acceptors (Lipinski definition) is 9. The van der Waals surface area contributed by atoms with Crippen molar-refractivity contribution in [3.05, 3.63) is 23.8 Å². The van der Waals surface area contributed by atoms with E-state index in [2.05, 4.69) is 10.1 Å². The number of carboxylic acid groups (broad SMARTS) is 1. The fraction of sp³-hybridized carbons (Fsp3) is 0.550. The number of carbonyl (C=O) groups is 3. The summed E-state index contributed by atoms with van der Waals surface area (Å²) >= 11 is 0. The highest BCUT2D eigenvalue weighted by Crippen LogP contribution is 2.31. The average molecular weight is 442 g/mol. The van der Waals surface area contributed by atoms with Crippen LogP contribution in [0.4, 0.5) is 5.69 Å². The quantitative estimate of drug-likeness (QED) is 0.248. The number of benzene rings is 1. The Hall–Kier alpha value is -2.73. The normalized spacial score (nSPS) is 25.9. The third kappa shape index (κ3) is 6.62. The largest absolute Gasteiger partial charge is 0.479 e. The molecule has 1 heterocycles. The van der Waals surface area contributed by atoms with Crippen LogP contribution in [0.25, 0.3) is 0 Å². The molecule has 0 bridgehead atoms. The van der Waals surface area contributed by atoms with Gasteiger partial charge in [-0.25, -0.2) is 4.79 Å². The second-order valence-electron chi connectivity index (χ2n) is 7.06. The summed E-state index contributed by atoms with van der Waals surface area (Å²) in [7, 11) is 0. The number of nitrogens with one attached hydrogen (secondary N) is 1. The van der Waals surface area contributed by atoms with Crippen molar-refractivity contribution in [2.24, 2.45) is 0 Å². The van der Waals surface area contributed by atoms with Gasteiger partial charge >= 0.3 is 5.97 Å². The Morgan fingerprint density at radius 1 is 1.23 bits per heavy atom. The molecule has 5 unspecified atom stereocenters. The molecule has 0 radical (unpaired) electrons. The van der Waals surface area contributed by atoms with E-state index in [4.69, 9.17) is 16.0 Å². The summed E-state index contributed by atoms with van der Waals surface area (Å²) in [5.74, 6) is -1.91. The SMILES string of the molecule is [2H]C(=O)OCc1ccc(OC2OC(C(=O)O)C(O)C(O)C2O)c(NC(=O)CCCCC)c1. The van der Waals surface area contributed by atoms with Crippen LogP contribution in [0.2, 0.25) is 0 Å². The first kappa shape index (κ1) is 22.9. The highest BCUT2D eigenvalue weighted by Gasteiger charge is 2.48. The van der Waals surface area contributed by atoms with Gasteiger partial charge in [-0.1, -0.05) is 25.8 Å². The van der Waals surface area contributed by atoms with E-state index in [9.17, 15) is 29.7 Å². The van der Waals surface area contributed by atoms with E-state index in [0.29, 0.717) is 12.0 Å². The zero-order chi connectivity index (χ0) is 23.8. The molecule has 0 aromatic heterocycles. The number of carbonyl (C=O) groups excluding carboxylic acids is 2. The number of aliphatic hydroxyl groups excluding tert-OH is 3. The van der Waals surface area contributed by atoms with E-state index in [1.807, 2.05) is 6.92 Å². The minimum absolute atomic E-state index is 0.0217. The third-order valence-electron chi connectivity index (χ3n) is 4.68. The summed E-state index contributed by atoms with van der Waals surface area (Å²) in [4.78, 5) is 34.3. The van der Waals surface area contributed by atoms with Crippen LogP contribution in [0, 0.1) is 0 Å². The van der Waals surface area contributed by atoms with Crippen LogP contribution in [0.5, 0.6) is 5.75 Å². The van der Waals surface area contributed by atoms with Crippen LogP contribution in [-0.2, 0) is 30.5 Å². The first-order chi connectivity index (χ1) is 15.1. The van der Waals surface area contributed by atoms with Gasteiger partial charge in [0.05, 0.1) is 5.69 Å². The second kappa shape index (κ2) is 11.6. The summed E-state index contributed by atoms with van der Waals surface area (Å²) in [5, 5.41) is 41.7. The average Bonchev–Trinajstić information content (AvgIpc) is 2.73. The van der Waals surface area contributed by atoms with E-state index >= 15 is 0 Å². The zero-order valence-corrected chi connectivity index (χ0v) is 16.9. The Bertz CT molecular complexity index is 820. The number of rotatable bonds is 10. The summed E-state index contributed by atoms with van der Waals surface area (Å²) in [6, 6.07) is 4.24. The predicted molar refractivity (Wildman–Crippen MR) is 105 cm³/mol. The molecule has 1 fully saturated rings. The molecular weight excluding hydrogens is 414 g/mol. The maximum absolute atomic E-state index is 12.3. The Labute approximate surface area is 179 Å². The molecule has 1 saturated heterocycles. The molecule has 5 N–H and O–H groups in total. The van der Waals surface area contributed by atoms with Crippen LogP contribution in [-0.4, -0.2) is 69.5 Å². The van der Waals surface area contributed by atoms with E-state index in [1.54, 1.807) is 0 Å². The standard InChI is InChI=1S/C20H27NO10/c1-2-3-4-5-14(23)21-12-8-11(9-29-10-22)6-7-13(12)30-20-17(26)15(24)16(25)18(31-20)19(27)28/h6-8,10,15-18,20,24-26H,2-5,9H2,1H3,(H,21,23)(H,27,28)/i10D. The number of carboxylic acids is 1. The summed E-state index contributed by atoms with van der Waals surface area (Å²) < 4.78 is 22.1. The van der Waals surface area contributed by atoms with Crippen molar-refractivity contribution < 1.29 is 50.4 Å².